The molecule has 0 rings (SSSR count). The summed E-state index contributed by atoms with van der Waals surface area (Å²) in [6, 6.07) is 0. The first-order valence-corrected chi connectivity index (χ1v) is 1.31. The second-order valence-corrected chi connectivity index (χ2v) is 0.733. The molecular formula is C3H6NOY+2. The largest absolute Gasteiger partial charge is 3.00 e. The Balaban J connectivity index is 0. The Hall–Kier alpha value is 0.574. The van der Waals surface area contributed by atoms with Crippen LogP contribution in [0.25, 0.3) is 0 Å². The Labute approximate surface area is 62.6 Å². The number of carbonyl (C=O) groups excluding carboxylic acids is 1. The first kappa shape index (κ1) is 9.76. The van der Waals surface area contributed by atoms with Crippen LogP contribution in [0.1, 0.15) is 6.92 Å². The number of nitrogens with one attached hydrogen (secondary N) is 1. The number of hydrogen-bond donors (Lipinski definition) is 1. The van der Waals surface area contributed by atoms with E-state index in [0.717, 1.165) is 0 Å². The number of hydrogen-bond acceptors (Lipinski definition) is 1. The van der Waals surface area contributed by atoms with Gasteiger partial charge in [0.05, 0.1) is 0 Å². The van der Waals surface area contributed by atoms with Gasteiger partial charge >= 0.3 is 32.7 Å². The summed E-state index contributed by atoms with van der Waals surface area (Å²) in [4.78, 5) is 9.64. The summed E-state index contributed by atoms with van der Waals surface area (Å²) in [6.07, 6.45) is 0. The standard InChI is InChI=1S/C3H6NO.Y/c1-3(5)4-2;/h2H2,1H3,(H,4,5);/q-1;+3. The fourth-order valence-electron chi connectivity index (χ4n) is 0. The van der Waals surface area contributed by atoms with Crippen LogP contribution in [0, 0.1) is 7.05 Å². The molecule has 30 valence electrons. The zero-order valence-electron chi connectivity index (χ0n) is 3.69. The average Bonchev–Trinajstić information content (AvgIpc) is 1.38. The molecule has 2 nitrogen and oxygen atoms in total. The van der Waals surface area contributed by atoms with Crippen LogP contribution in [-0.4, -0.2) is 5.91 Å². The van der Waals surface area contributed by atoms with Gasteiger partial charge in [-0.25, -0.2) is 0 Å². The SMILES string of the molecule is [CH2-]NC(C)=O.[Y+3]. The molecule has 6 heavy (non-hydrogen) atoms. The monoisotopic (exact) mass is 161 g/mol. The first-order chi connectivity index (χ1) is 2.27. The topological polar surface area (TPSA) is 29.1 Å². The van der Waals surface area contributed by atoms with Crippen LogP contribution in [0.3, 0.4) is 0 Å². The van der Waals surface area contributed by atoms with Crippen molar-refractivity contribution in [2.75, 3.05) is 0 Å². The Morgan fingerprint density at radius 2 is 2.00 bits per heavy atom. The average molecular weight is 161 g/mol. The molecule has 0 saturated heterocycles. The molecule has 0 aliphatic carbocycles. The molecule has 3 heteroatoms. The molecule has 1 N–H and O–H groups in total. The second-order valence-electron chi connectivity index (χ2n) is 0.733. The summed E-state index contributed by atoms with van der Waals surface area (Å²) < 4.78 is 0. The molecule has 0 radical (unpaired) electrons. The molecule has 0 spiro atoms. The van der Waals surface area contributed by atoms with Crippen LogP contribution < -0.4 is 5.32 Å². The zero-order valence-corrected chi connectivity index (χ0v) is 6.53. The number of amides is 1. The van der Waals surface area contributed by atoms with E-state index in [1.54, 1.807) is 0 Å². The Bertz CT molecular complexity index is 46.1. The molecular weight excluding hydrogens is 155 g/mol. The van der Waals surface area contributed by atoms with Gasteiger partial charge in [0.25, 0.3) is 0 Å². The number of carbonyl (C=O) groups is 1. The minimum atomic E-state index is -0.106. The summed E-state index contributed by atoms with van der Waals surface area (Å²) in [6.45, 7) is 1.41. The molecule has 0 heterocycles. The van der Waals surface area contributed by atoms with Crippen molar-refractivity contribution >= 4 is 5.91 Å². The van der Waals surface area contributed by atoms with Crippen molar-refractivity contribution < 1.29 is 37.5 Å². The van der Waals surface area contributed by atoms with E-state index in [0.29, 0.717) is 0 Å². The van der Waals surface area contributed by atoms with E-state index in [4.69, 9.17) is 0 Å². The van der Waals surface area contributed by atoms with E-state index < -0.39 is 0 Å². The summed E-state index contributed by atoms with van der Waals surface area (Å²) in [5.41, 5.74) is 0. The van der Waals surface area contributed by atoms with E-state index in [1.165, 1.54) is 6.92 Å². The quantitative estimate of drug-likeness (QED) is 0.494. The van der Waals surface area contributed by atoms with Crippen LogP contribution in [0.5, 0.6) is 0 Å². The molecule has 0 aliphatic heterocycles. The molecule has 0 fully saturated rings. The number of rotatable bonds is 0. The summed E-state index contributed by atoms with van der Waals surface area (Å²) >= 11 is 0. The van der Waals surface area contributed by atoms with Gasteiger partial charge < -0.3 is 5.32 Å². The Morgan fingerprint density at radius 3 is 2.00 bits per heavy atom. The maximum Gasteiger partial charge on any atom is 3.00 e. The van der Waals surface area contributed by atoms with Crippen LogP contribution in [0.15, 0.2) is 0 Å². The van der Waals surface area contributed by atoms with Gasteiger partial charge in [0, 0.05) is 6.92 Å². The molecule has 0 atom stereocenters. The van der Waals surface area contributed by atoms with Crippen molar-refractivity contribution in [2.45, 2.75) is 6.92 Å². The fraction of sp³-hybridized carbons (Fsp3) is 0.333. The van der Waals surface area contributed by atoms with E-state index in [-0.39, 0.29) is 38.6 Å². The maximum absolute atomic E-state index is 9.64. The molecule has 0 aromatic carbocycles. The van der Waals surface area contributed by atoms with Crippen molar-refractivity contribution in [1.82, 2.24) is 5.32 Å². The second kappa shape index (κ2) is 5.57. The molecule has 0 saturated carbocycles. The minimum absolute atomic E-state index is 0. The van der Waals surface area contributed by atoms with E-state index in [9.17, 15) is 4.79 Å². The molecule has 0 aromatic rings. The fourth-order valence-corrected chi connectivity index (χ4v) is 0. The van der Waals surface area contributed by atoms with Crippen molar-refractivity contribution in [3.05, 3.63) is 7.05 Å². The minimum Gasteiger partial charge on any atom is -0.509 e. The smallest absolute Gasteiger partial charge is 0.509 e. The van der Waals surface area contributed by atoms with Gasteiger partial charge in [0.1, 0.15) is 0 Å². The van der Waals surface area contributed by atoms with Crippen molar-refractivity contribution in [2.24, 2.45) is 0 Å². The summed E-state index contributed by atoms with van der Waals surface area (Å²) in [5, 5.41) is 2.14. The van der Waals surface area contributed by atoms with Crippen molar-refractivity contribution in [3.8, 4) is 0 Å². The van der Waals surface area contributed by atoms with E-state index in [1.807, 2.05) is 0 Å². The summed E-state index contributed by atoms with van der Waals surface area (Å²) in [7, 11) is 3.09. The molecule has 0 aromatic heterocycles. The van der Waals surface area contributed by atoms with Crippen molar-refractivity contribution in [3.63, 3.8) is 0 Å². The normalized spacial score (nSPS) is 5.67. The zero-order chi connectivity index (χ0) is 4.28. The van der Waals surface area contributed by atoms with Crippen LogP contribution in [0.2, 0.25) is 0 Å². The van der Waals surface area contributed by atoms with Crippen LogP contribution >= 0.6 is 0 Å². The molecule has 0 unspecified atom stereocenters. The Kier molecular flexibility index (Phi) is 9.07. The van der Waals surface area contributed by atoms with Crippen molar-refractivity contribution in [1.29, 1.82) is 0 Å². The van der Waals surface area contributed by atoms with Crippen LogP contribution in [0.4, 0.5) is 0 Å². The van der Waals surface area contributed by atoms with Gasteiger partial charge in [0.2, 0.25) is 0 Å². The van der Waals surface area contributed by atoms with Gasteiger partial charge in [-0.2, -0.15) is 0 Å². The van der Waals surface area contributed by atoms with Crippen LogP contribution in [-0.2, 0) is 37.5 Å². The van der Waals surface area contributed by atoms with Gasteiger partial charge in [-0.1, -0.05) is 0 Å². The Morgan fingerprint density at radius 1 is 1.83 bits per heavy atom. The third-order valence-corrected chi connectivity index (χ3v) is 0.249. The van der Waals surface area contributed by atoms with Gasteiger partial charge in [-0.05, 0) is 0 Å². The summed E-state index contributed by atoms with van der Waals surface area (Å²) in [5.74, 6) is -0.106. The van der Waals surface area contributed by atoms with Gasteiger partial charge in [-0.15, -0.1) is 0 Å². The third kappa shape index (κ3) is 8.82. The maximum atomic E-state index is 9.64. The van der Waals surface area contributed by atoms with E-state index in [2.05, 4.69) is 12.4 Å². The first-order valence-electron chi connectivity index (χ1n) is 1.31. The van der Waals surface area contributed by atoms with Gasteiger partial charge in [0.15, 0.2) is 5.91 Å². The molecule has 0 aliphatic rings. The molecule has 1 amide bonds. The predicted molar refractivity (Wildman–Crippen MR) is 19.2 cm³/mol. The third-order valence-electron chi connectivity index (χ3n) is 0.249. The van der Waals surface area contributed by atoms with E-state index >= 15 is 0 Å². The molecule has 0 bridgehead atoms. The van der Waals surface area contributed by atoms with Gasteiger partial charge in [-0.3, -0.25) is 11.8 Å². The predicted octanol–water partition coefficient (Wildman–Crippen LogP) is -0.0884.